The summed E-state index contributed by atoms with van der Waals surface area (Å²) in [4.78, 5) is 155. The highest BCUT2D eigenvalue weighted by Gasteiger charge is 2.45. The van der Waals surface area contributed by atoms with E-state index in [2.05, 4.69) is 26.6 Å². The van der Waals surface area contributed by atoms with E-state index >= 15 is 0 Å². The first-order valence-corrected chi connectivity index (χ1v) is 26.6. The van der Waals surface area contributed by atoms with Crippen molar-refractivity contribution in [2.45, 2.75) is 114 Å². The topological polar surface area (TPSA) is 362 Å². The summed E-state index contributed by atoms with van der Waals surface area (Å²) in [6.07, 6.45) is -0.769. The minimum Gasteiger partial charge on any atom is -0.370 e. The lowest BCUT2D eigenvalue weighted by atomic mass is 9.96. The zero-order valence-electron chi connectivity index (χ0n) is 40.8. The fraction of sp³-hybridized carbons (Fsp3) is 0.521. The molecular formula is C48H66N12O11S2. The predicted molar refractivity (Wildman–Crippen MR) is 271 cm³/mol. The van der Waals surface area contributed by atoms with Crippen LogP contribution in [-0.2, 0) is 65.6 Å². The molecule has 25 heteroatoms. The van der Waals surface area contributed by atoms with E-state index < -0.39 is 126 Å². The lowest BCUT2D eigenvalue weighted by Crippen LogP contribution is -2.67. The zero-order chi connectivity index (χ0) is 53.4. The van der Waals surface area contributed by atoms with Crippen LogP contribution in [0.3, 0.4) is 0 Å². The molecule has 13 N–H and O–H groups in total. The maximum absolute atomic E-state index is 14.9. The molecule has 73 heavy (non-hydrogen) atoms. The van der Waals surface area contributed by atoms with Crippen molar-refractivity contribution in [1.82, 2.24) is 41.3 Å². The zero-order valence-corrected chi connectivity index (χ0v) is 42.5. The highest BCUT2D eigenvalue weighted by molar-refractivity contribution is 8.76. The third-order valence-corrected chi connectivity index (χ3v) is 15.0. The maximum atomic E-state index is 14.9. The van der Waals surface area contributed by atoms with E-state index in [-0.39, 0.29) is 75.7 Å². The van der Waals surface area contributed by atoms with Crippen molar-refractivity contribution < 1.29 is 52.7 Å². The second-order valence-electron chi connectivity index (χ2n) is 18.5. The van der Waals surface area contributed by atoms with Crippen LogP contribution in [0, 0.1) is 5.92 Å². The van der Waals surface area contributed by atoms with Crippen molar-refractivity contribution >= 4 is 86.6 Å². The van der Waals surface area contributed by atoms with Crippen molar-refractivity contribution in [3.8, 4) is 0 Å². The van der Waals surface area contributed by atoms with Crippen molar-refractivity contribution in [2.24, 2.45) is 28.9 Å². The summed E-state index contributed by atoms with van der Waals surface area (Å²) in [5, 5.41) is 13.0. The Labute approximate surface area is 430 Å². The molecule has 6 rings (SSSR count). The number of carbonyl (C=O) groups excluding carboxylic acids is 11. The average molecular weight is 1050 g/mol. The molecule has 2 bridgehead atoms. The van der Waals surface area contributed by atoms with Crippen LogP contribution in [0.5, 0.6) is 0 Å². The number of fused-ring (bicyclic) bond motifs is 17. The number of primary amides is 3. The van der Waals surface area contributed by atoms with Crippen LogP contribution in [0.1, 0.15) is 63.5 Å². The van der Waals surface area contributed by atoms with E-state index in [4.69, 9.17) is 22.9 Å². The molecule has 4 saturated heterocycles. The number of likely N-dealkylation sites (tertiary alicyclic amines) is 1. The van der Waals surface area contributed by atoms with Gasteiger partial charge in [-0.1, -0.05) is 96.1 Å². The molecule has 4 heterocycles. The monoisotopic (exact) mass is 1050 g/mol. The van der Waals surface area contributed by atoms with Crippen LogP contribution in [0.2, 0.25) is 0 Å². The molecule has 23 nitrogen and oxygen atoms in total. The van der Waals surface area contributed by atoms with E-state index in [1.54, 1.807) is 60.7 Å². The number of amides is 11. The Bertz CT molecular complexity index is 2350. The van der Waals surface area contributed by atoms with Gasteiger partial charge in [0.25, 0.3) is 0 Å². The van der Waals surface area contributed by atoms with E-state index in [9.17, 15) is 52.7 Å². The molecule has 0 radical (unpaired) electrons. The van der Waals surface area contributed by atoms with Gasteiger partial charge in [-0.15, -0.1) is 0 Å². The molecule has 0 saturated carbocycles. The largest absolute Gasteiger partial charge is 0.370 e. The first-order valence-electron chi connectivity index (χ1n) is 24.1. The summed E-state index contributed by atoms with van der Waals surface area (Å²) in [6, 6.07) is 6.88. The minimum atomic E-state index is -1.75. The number of hydrogen-bond donors (Lipinski definition) is 9. The van der Waals surface area contributed by atoms with Crippen LogP contribution in [-0.4, -0.2) is 166 Å². The molecule has 0 aliphatic carbocycles. The molecule has 11 amide bonds. The third-order valence-electron chi connectivity index (χ3n) is 12.6. The van der Waals surface area contributed by atoms with Crippen LogP contribution in [0.25, 0.3) is 0 Å². The molecule has 4 aliphatic rings. The number of nitrogens with two attached hydrogens (primary N) is 4. The smallest absolute Gasteiger partial charge is 0.246 e. The van der Waals surface area contributed by atoms with E-state index in [0.717, 1.165) is 21.6 Å². The van der Waals surface area contributed by atoms with Gasteiger partial charge in [-0.3, -0.25) is 52.7 Å². The number of benzene rings is 2. The summed E-state index contributed by atoms with van der Waals surface area (Å²) in [6.45, 7) is 3.17. The molecule has 4 fully saturated rings. The number of piperazine rings is 1. The van der Waals surface area contributed by atoms with E-state index in [1.165, 1.54) is 14.7 Å². The van der Waals surface area contributed by atoms with Crippen LogP contribution in [0.4, 0.5) is 0 Å². The Morgan fingerprint density at radius 1 is 0.712 bits per heavy atom. The van der Waals surface area contributed by atoms with Gasteiger partial charge in [-0.05, 0) is 42.7 Å². The molecule has 8 atom stereocenters. The summed E-state index contributed by atoms with van der Waals surface area (Å²) in [5.41, 5.74) is 23.8. The molecule has 4 aliphatic heterocycles. The Morgan fingerprint density at radius 3 is 1.88 bits per heavy atom. The third kappa shape index (κ3) is 16.4. The molecule has 2 aromatic carbocycles. The fourth-order valence-corrected chi connectivity index (χ4v) is 11.2. The number of carbonyl (C=O) groups is 11. The minimum absolute atomic E-state index is 0.00242. The van der Waals surface area contributed by atoms with Gasteiger partial charge in [-0.25, -0.2) is 0 Å². The quantitative estimate of drug-likeness (QED) is 0.0730. The fourth-order valence-electron chi connectivity index (χ4n) is 8.89. The number of rotatable bonds is 17. The van der Waals surface area contributed by atoms with Gasteiger partial charge in [0.15, 0.2) is 0 Å². The Hall–Kier alpha value is -6.73. The van der Waals surface area contributed by atoms with E-state index in [1.807, 2.05) is 13.8 Å². The second kappa shape index (κ2) is 27.4. The Morgan fingerprint density at radius 2 is 1.30 bits per heavy atom. The highest BCUT2D eigenvalue weighted by Crippen LogP contribution is 2.27. The molecular weight excluding hydrogens is 985 g/mol. The molecule has 0 aromatic heterocycles. The van der Waals surface area contributed by atoms with Crippen LogP contribution < -0.4 is 49.5 Å². The highest BCUT2D eigenvalue weighted by atomic mass is 33.1. The second-order valence-corrected chi connectivity index (χ2v) is 21.1. The van der Waals surface area contributed by atoms with E-state index in [0.29, 0.717) is 17.5 Å². The number of nitrogens with one attached hydrogen (secondary N) is 5. The van der Waals surface area contributed by atoms with Crippen LogP contribution >= 0.6 is 21.6 Å². The molecule has 396 valence electrons. The van der Waals surface area contributed by atoms with Crippen LogP contribution in [0.15, 0.2) is 60.7 Å². The number of hydrogen-bond acceptors (Lipinski definition) is 14. The predicted octanol–water partition coefficient (Wildman–Crippen LogP) is -2.68. The summed E-state index contributed by atoms with van der Waals surface area (Å²) >= 11 is 0. The first kappa shape index (κ1) is 57.2. The maximum Gasteiger partial charge on any atom is 0.246 e. The van der Waals surface area contributed by atoms with Gasteiger partial charge in [0.05, 0.1) is 13.0 Å². The van der Waals surface area contributed by atoms with Gasteiger partial charge in [0, 0.05) is 50.4 Å². The summed E-state index contributed by atoms with van der Waals surface area (Å²) < 4.78 is 0. The van der Waals surface area contributed by atoms with Gasteiger partial charge in [0.1, 0.15) is 48.3 Å². The average Bonchev–Trinajstić information content (AvgIpc) is 3.85. The molecule has 2 aromatic rings. The van der Waals surface area contributed by atoms with Gasteiger partial charge in [-0.2, -0.15) is 0 Å². The van der Waals surface area contributed by atoms with Gasteiger partial charge in [0.2, 0.25) is 65.0 Å². The van der Waals surface area contributed by atoms with Crippen molar-refractivity contribution in [3.63, 3.8) is 0 Å². The SMILES string of the molecule is CC(C)C[C@H](NC(=O)CN)C(=O)N1CCC[C@H]1C(=O)N[C@H]1CSSC[C@@H](C(N)=O)NC(=O)[C@@H](Cc2ccccc2)N2CCN(C(=O)[C@@H](CCC(N)=O)NC(=O)[C@@H](CC(N)=O)NC1=O)[C@@H](Cc1ccccc1)C2=O. The molecule has 0 unspecified atom stereocenters. The first-order chi connectivity index (χ1) is 34.8. The van der Waals surface area contributed by atoms with Gasteiger partial charge >= 0.3 is 0 Å². The Kier molecular flexibility index (Phi) is 21.4. The van der Waals surface area contributed by atoms with Gasteiger partial charge < -0.3 is 64.2 Å². The summed E-state index contributed by atoms with van der Waals surface area (Å²) in [5.74, 6) is -9.30. The normalized spacial score (nSPS) is 24.0. The van der Waals surface area contributed by atoms with Crippen molar-refractivity contribution in [1.29, 1.82) is 0 Å². The standard InChI is InChI=1S/C48H66N12O11S2/c1-27(2)20-32(53-40(63)24-49)47(70)58-17-9-14-35(58)44(67)57-34-26-73-72-25-33(41(52)64)56-45(68)36(21-28-10-5-3-6-11-28)59-18-19-60(37(48(59)71)22-29-12-7-4-8-13-29)46(69)30(15-16-38(50)61)54-42(65)31(23-39(51)62)55-43(34)66/h3-8,10-13,27,30-37H,9,14-26,49H2,1-2H3,(H2,50,61)(H2,51,62)(H2,52,64)(H,53,63)(H,54,65)(H,55,66)(H,56,68)(H,57,67)/t30-,31-,32+,33+,34+,35+,36-,37+/m1/s1. The lowest BCUT2D eigenvalue weighted by molar-refractivity contribution is -0.157. The molecule has 0 spiro atoms. The van der Waals surface area contributed by atoms with Crippen molar-refractivity contribution in [3.05, 3.63) is 71.8 Å². The Balaban J connectivity index is 1.54. The van der Waals surface area contributed by atoms with Crippen molar-refractivity contribution in [2.75, 3.05) is 37.7 Å². The summed E-state index contributed by atoms with van der Waals surface area (Å²) in [7, 11) is 1.99. The lowest BCUT2D eigenvalue weighted by Gasteiger charge is -2.44. The number of nitrogens with zero attached hydrogens (tertiary/aromatic N) is 3.